The molecule has 0 aliphatic heterocycles. The summed E-state index contributed by atoms with van der Waals surface area (Å²) < 4.78 is 68.7. The maximum Gasteiger partial charge on any atom is 0.472 e. The molecule has 0 rings (SSSR count). The van der Waals surface area contributed by atoms with Gasteiger partial charge in [-0.1, -0.05) is 375 Å². The fraction of sp³-hybridized carbons (Fsp3) is 0.951. The van der Waals surface area contributed by atoms with E-state index in [1.807, 2.05) is 0 Å². The lowest BCUT2D eigenvalue weighted by molar-refractivity contribution is -0.161. The molecule has 2 unspecified atom stereocenters. The van der Waals surface area contributed by atoms with Crippen molar-refractivity contribution in [3.63, 3.8) is 0 Å². The molecule has 0 radical (unpaired) electrons. The van der Waals surface area contributed by atoms with Gasteiger partial charge in [0.1, 0.15) is 19.3 Å². The van der Waals surface area contributed by atoms with Gasteiger partial charge in [0, 0.05) is 25.7 Å². The topological polar surface area (TPSA) is 237 Å². The molecule has 17 nitrogen and oxygen atoms in total. The van der Waals surface area contributed by atoms with Crippen LogP contribution in [0.15, 0.2) is 0 Å². The largest absolute Gasteiger partial charge is 0.472 e. The molecular weight excluding hydrogens is 1310 g/mol. The number of phosphoric ester groups is 2. The predicted octanol–water partition coefficient (Wildman–Crippen LogP) is 24.3. The standard InChI is InChI=1S/C81H158O17P2/c1-7-9-11-13-15-17-19-21-23-24-25-26-29-34-38-42-46-54-60-66-80(85)97-76(69-91-78(83)63-57-51-44-40-36-33-30-27-28-31-35-39-43-49-55-61-73(3)4)71-95-99(87,88)93-67-75(82)68-94-100(89,90)96-72-77(70-92-79(84)64-58-52-48-47-50-56-62-74(5)6)98-81(86)65-59-53-45-41-37-32-22-20-18-16-14-12-10-8-2/h73-77,82H,7-72H2,1-6H3,(H,87,88)(H,89,90)/t75-,76-,77-/m1/s1. The Bertz CT molecular complexity index is 1920. The van der Waals surface area contributed by atoms with Crippen molar-refractivity contribution < 1.29 is 80.2 Å². The highest BCUT2D eigenvalue weighted by atomic mass is 31.2. The highest BCUT2D eigenvalue weighted by molar-refractivity contribution is 7.47. The zero-order chi connectivity index (χ0) is 73.5. The van der Waals surface area contributed by atoms with Gasteiger partial charge in [-0.25, -0.2) is 9.13 Å². The van der Waals surface area contributed by atoms with Crippen molar-refractivity contribution in [2.75, 3.05) is 39.6 Å². The van der Waals surface area contributed by atoms with E-state index < -0.39 is 97.5 Å². The van der Waals surface area contributed by atoms with Gasteiger partial charge in [-0.05, 0) is 37.5 Å². The molecule has 0 aromatic rings. The molecule has 0 bridgehead atoms. The summed E-state index contributed by atoms with van der Waals surface area (Å²) in [6.07, 6.45) is 62.6. The first kappa shape index (κ1) is 98.1. The van der Waals surface area contributed by atoms with Crippen LogP contribution < -0.4 is 0 Å². The Balaban J connectivity index is 5.22. The van der Waals surface area contributed by atoms with Gasteiger partial charge in [0.15, 0.2) is 12.2 Å². The number of phosphoric acid groups is 2. The van der Waals surface area contributed by atoms with Crippen molar-refractivity contribution in [2.24, 2.45) is 11.8 Å². The number of rotatable bonds is 80. The average molecular weight is 1470 g/mol. The molecule has 0 aliphatic carbocycles. The fourth-order valence-electron chi connectivity index (χ4n) is 12.5. The van der Waals surface area contributed by atoms with Gasteiger partial charge >= 0.3 is 39.5 Å². The minimum Gasteiger partial charge on any atom is -0.462 e. The van der Waals surface area contributed by atoms with Crippen LogP contribution in [0.2, 0.25) is 0 Å². The minimum absolute atomic E-state index is 0.107. The number of hydrogen-bond acceptors (Lipinski definition) is 15. The molecule has 0 amide bonds. The van der Waals surface area contributed by atoms with Crippen molar-refractivity contribution in [1.82, 2.24) is 0 Å². The summed E-state index contributed by atoms with van der Waals surface area (Å²) in [7, 11) is -9.92. The number of carbonyl (C=O) groups is 4. The lowest BCUT2D eigenvalue weighted by Gasteiger charge is -2.21. The van der Waals surface area contributed by atoms with Gasteiger partial charge in [-0.15, -0.1) is 0 Å². The SMILES string of the molecule is CCCCCCCCCCCCCCCCCCCCCC(=O)O[C@H](COC(=O)CCCCCCCCCCCCCCCCCC(C)C)COP(=O)(O)OC[C@@H](O)COP(=O)(O)OC[C@@H](COC(=O)CCCCCCCCC(C)C)OC(=O)CCCCCCCCCCCCCCCC. The van der Waals surface area contributed by atoms with E-state index in [0.29, 0.717) is 31.6 Å². The zero-order valence-corrected chi connectivity index (χ0v) is 67.3. The van der Waals surface area contributed by atoms with Crippen molar-refractivity contribution in [3.05, 3.63) is 0 Å². The van der Waals surface area contributed by atoms with E-state index in [0.717, 1.165) is 102 Å². The van der Waals surface area contributed by atoms with Crippen LogP contribution in [0.4, 0.5) is 0 Å². The van der Waals surface area contributed by atoms with Gasteiger partial charge in [0.05, 0.1) is 26.4 Å². The lowest BCUT2D eigenvalue weighted by Crippen LogP contribution is -2.30. The summed E-state index contributed by atoms with van der Waals surface area (Å²) in [4.78, 5) is 73.0. The van der Waals surface area contributed by atoms with E-state index in [1.165, 1.54) is 238 Å². The Morgan fingerprint density at radius 1 is 0.270 bits per heavy atom. The maximum absolute atomic E-state index is 13.1. The second-order valence-electron chi connectivity index (χ2n) is 30.1. The van der Waals surface area contributed by atoms with Crippen LogP contribution in [-0.2, 0) is 65.4 Å². The number of ether oxygens (including phenoxy) is 4. The third kappa shape index (κ3) is 74.3. The smallest absolute Gasteiger partial charge is 0.462 e. The number of aliphatic hydroxyl groups is 1. The number of esters is 4. The van der Waals surface area contributed by atoms with E-state index >= 15 is 0 Å². The normalized spacial score (nSPS) is 13.9. The summed E-state index contributed by atoms with van der Waals surface area (Å²) in [5.41, 5.74) is 0. The first-order valence-electron chi connectivity index (χ1n) is 42.0. The van der Waals surface area contributed by atoms with E-state index in [9.17, 15) is 43.2 Å². The Hall–Kier alpha value is -1.94. The number of aliphatic hydroxyl groups excluding tert-OH is 1. The van der Waals surface area contributed by atoms with Gasteiger partial charge in [-0.2, -0.15) is 0 Å². The van der Waals surface area contributed by atoms with Crippen LogP contribution in [0.5, 0.6) is 0 Å². The van der Waals surface area contributed by atoms with E-state index in [4.69, 9.17) is 37.0 Å². The Morgan fingerprint density at radius 3 is 0.680 bits per heavy atom. The second kappa shape index (κ2) is 72.6. The average Bonchev–Trinajstić information content (AvgIpc) is 1.07. The van der Waals surface area contributed by atoms with E-state index in [1.54, 1.807) is 0 Å². The first-order chi connectivity index (χ1) is 48.4. The Labute approximate surface area is 613 Å². The van der Waals surface area contributed by atoms with Gasteiger partial charge in [-0.3, -0.25) is 37.3 Å². The Morgan fingerprint density at radius 2 is 0.460 bits per heavy atom. The minimum atomic E-state index is -4.96. The lowest BCUT2D eigenvalue weighted by atomic mass is 10.0. The van der Waals surface area contributed by atoms with Crippen LogP contribution in [0.1, 0.15) is 427 Å². The van der Waals surface area contributed by atoms with Crippen LogP contribution in [0.25, 0.3) is 0 Å². The zero-order valence-electron chi connectivity index (χ0n) is 65.5. The molecule has 5 atom stereocenters. The summed E-state index contributed by atoms with van der Waals surface area (Å²) in [6, 6.07) is 0. The second-order valence-corrected chi connectivity index (χ2v) is 33.0. The van der Waals surface area contributed by atoms with E-state index in [2.05, 4.69) is 41.5 Å². The van der Waals surface area contributed by atoms with Crippen LogP contribution >= 0.6 is 15.6 Å². The summed E-state index contributed by atoms with van der Waals surface area (Å²) in [6.45, 7) is 9.58. The van der Waals surface area contributed by atoms with Gasteiger partial charge < -0.3 is 33.8 Å². The molecule has 0 heterocycles. The van der Waals surface area contributed by atoms with Gasteiger partial charge in [0.25, 0.3) is 0 Å². The predicted molar refractivity (Wildman–Crippen MR) is 409 cm³/mol. The molecule has 0 saturated heterocycles. The number of hydrogen-bond donors (Lipinski definition) is 3. The number of unbranched alkanes of at least 4 members (excludes halogenated alkanes) is 50. The molecule has 0 fully saturated rings. The molecule has 100 heavy (non-hydrogen) atoms. The van der Waals surface area contributed by atoms with Crippen molar-refractivity contribution >= 4 is 39.5 Å². The van der Waals surface area contributed by atoms with Crippen LogP contribution in [-0.4, -0.2) is 96.7 Å². The summed E-state index contributed by atoms with van der Waals surface area (Å²) in [5, 5.41) is 10.6. The molecule has 0 aliphatic rings. The van der Waals surface area contributed by atoms with Crippen LogP contribution in [0.3, 0.4) is 0 Å². The summed E-state index contributed by atoms with van der Waals surface area (Å²) >= 11 is 0. The molecule has 594 valence electrons. The molecule has 0 saturated carbocycles. The monoisotopic (exact) mass is 1470 g/mol. The Kier molecular flexibility index (Phi) is 71.2. The number of carbonyl (C=O) groups excluding carboxylic acids is 4. The molecule has 3 N–H and O–H groups in total. The summed E-state index contributed by atoms with van der Waals surface area (Å²) in [5.74, 6) is -0.624. The molecule has 0 spiro atoms. The van der Waals surface area contributed by atoms with Gasteiger partial charge in [0.2, 0.25) is 0 Å². The molecule has 19 heteroatoms. The van der Waals surface area contributed by atoms with Crippen molar-refractivity contribution in [2.45, 2.75) is 445 Å². The third-order valence-corrected chi connectivity index (χ3v) is 20.9. The molecule has 0 aromatic carbocycles. The van der Waals surface area contributed by atoms with Crippen molar-refractivity contribution in [1.29, 1.82) is 0 Å². The first-order valence-corrected chi connectivity index (χ1v) is 45.0. The highest BCUT2D eigenvalue weighted by Crippen LogP contribution is 2.45. The molecule has 0 aromatic heterocycles. The van der Waals surface area contributed by atoms with E-state index in [-0.39, 0.29) is 25.7 Å². The molecular formula is C81H158O17P2. The highest BCUT2D eigenvalue weighted by Gasteiger charge is 2.30. The quantitative estimate of drug-likeness (QED) is 0.0222. The van der Waals surface area contributed by atoms with Crippen molar-refractivity contribution in [3.8, 4) is 0 Å². The van der Waals surface area contributed by atoms with Crippen LogP contribution in [0, 0.1) is 11.8 Å². The maximum atomic E-state index is 13.1. The third-order valence-electron chi connectivity index (χ3n) is 19.0. The fourth-order valence-corrected chi connectivity index (χ4v) is 14.1.